The average molecular weight is 307 g/mol. The fraction of sp³-hybridized carbons (Fsp3) is 0.125. The van der Waals surface area contributed by atoms with Crippen LogP contribution in [0.15, 0.2) is 35.4 Å². The number of nitrogens with two attached hydrogens (primary N) is 1. The molecule has 0 bridgehead atoms. The Bertz CT molecular complexity index is 1020. The summed E-state index contributed by atoms with van der Waals surface area (Å²) in [6, 6.07) is 6.69. The average Bonchev–Trinajstić information content (AvgIpc) is 2.97. The van der Waals surface area contributed by atoms with Crippen LogP contribution < -0.4 is 11.3 Å². The van der Waals surface area contributed by atoms with Gasteiger partial charge in [0, 0.05) is 23.7 Å². The van der Waals surface area contributed by atoms with Gasteiger partial charge in [-0.3, -0.25) is 9.59 Å². The van der Waals surface area contributed by atoms with Gasteiger partial charge in [0.25, 0.3) is 11.5 Å². The Labute approximate surface area is 131 Å². The summed E-state index contributed by atoms with van der Waals surface area (Å²) in [4.78, 5) is 30.4. The summed E-state index contributed by atoms with van der Waals surface area (Å²) in [5.41, 5.74) is 7.59. The number of fused-ring (bicyclic) bond motifs is 1. The summed E-state index contributed by atoms with van der Waals surface area (Å²) in [7, 11) is 0. The smallest absolute Gasteiger partial charge is 0.266 e. The summed E-state index contributed by atoms with van der Waals surface area (Å²) in [6.45, 7) is 1.89. The van der Waals surface area contributed by atoms with Crippen molar-refractivity contribution in [3.05, 3.63) is 57.8 Å². The Morgan fingerprint density at radius 3 is 2.96 bits per heavy atom. The number of aromatic amines is 1. The molecule has 1 amide bonds. The van der Waals surface area contributed by atoms with Crippen molar-refractivity contribution in [2.75, 3.05) is 0 Å². The van der Waals surface area contributed by atoms with Crippen LogP contribution in [0.1, 0.15) is 28.5 Å². The molecule has 3 rings (SSSR count). The van der Waals surface area contributed by atoms with Gasteiger partial charge in [-0.05, 0) is 24.6 Å². The number of carbonyl (C=O) groups is 1. The lowest BCUT2D eigenvalue weighted by atomic mass is 10.1. The van der Waals surface area contributed by atoms with Crippen LogP contribution in [0.2, 0.25) is 0 Å². The topological polar surface area (TPSA) is 117 Å². The Kier molecular flexibility index (Phi) is 3.43. The molecule has 3 aromatic rings. The third kappa shape index (κ3) is 2.36. The monoisotopic (exact) mass is 307 g/mol. The normalized spacial score (nSPS) is 10.6. The van der Waals surface area contributed by atoms with Crippen LogP contribution in [0.3, 0.4) is 0 Å². The fourth-order valence-corrected chi connectivity index (χ4v) is 2.49. The van der Waals surface area contributed by atoms with Crippen molar-refractivity contribution < 1.29 is 4.79 Å². The number of aromatic nitrogens is 3. The molecule has 114 valence electrons. The zero-order valence-electron chi connectivity index (χ0n) is 12.3. The zero-order chi connectivity index (χ0) is 16.6. The first-order valence-corrected chi connectivity index (χ1v) is 6.99. The first-order valence-electron chi connectivity index (χ1n) is 6.99. The van der Waals surface area contributed by atoms with E-state index in [4.69, 9.17) is 11.0 Å². The molecule has 0 radical (unpaired) electrons. The van der Waals surface area contributed by atoms with Crippen LogP contribution in [0.4, 0.5) is 0 Å². The molecule has 0 spiro atoms. The van der Waals surface area contributed by atoms with E-state index in [0.29, 0.717) is 34.6 Å². The largest absolute Gasteiger partial charge is 0.365 e. The molecule has 0 aliphatic heterocycles. The molecule has 0 saturated heterocycles. The van der Waals surface area contributed by atoms with Gasteiger partial charge >= 0.3 is 0 Å². The number of primary amides is 1. The molecule has 23 heavy (non-hydrogen) atoms. The second kappa shape index (κ2) is 5.42. The zero-order valence-corrected chi connectivity index (χ0v) is 12.3. The number of nitrogens with zero attached hydrogens (tertiary/aromatic N) is 3. The first kappa shape index (κ1) is 14.5. The summed E-state index contributed by atoms with van der Waals surface area (Å²) < 4.78 is 1.69. The van der Waals surface area contributed by atoms with Gasteiger partial charge in [-0.1, -0.05) is 6.92 Å². The SMILES string of the molecule is CCc1[nH]c(=O)c(C#N)cc1-c1cn2cccc(C(N)=O)c2n1. The van der Waals surface area contributed by atoms with E-state index in [1.165, 1.54) is 6.07 Å². The number of H-pyrrole nitrogens is 1. The minimum Gasteiger partial charge on any atom is -0.365 e. The molecule has 3 heterocycles. The highest BCUT2D eigenvalue weighted by Gasteiger charge is 2.15. The molecule has 0 saturated carbocycles. The number of hydrogen-bond donors (Lipinski definition) is 2. The van der Waals surface area contributed by atoms with E-state index < -0.39 is 11.5 Å². The summed E-state index contributed by atoms with van der Waals surface area (Å²) in [6.07, 6.45) is 4.06. The molecule has 3 N–H and O–H groups in total. The van der Waals surface area contributed by atoms with Gasteiger partial charge in [0.15, 0.2) is 0 Å². The van der Waals surface area contributed by atoms with Crippen LogP contribution in [0, 0.1) is 11.3 Å². The number of imidazole rings is 1. The van der Waals surface area contributed by atoms with Crippen molar-refractivity contribution in [1.29, 1.82) is 5.26 Å². The number of nitriles is 1. The maximum Gasteiger partial charge on any atom is 0.266 e. The summed E-state index contributed by atoms with van der Waals surface area (Å²) >= 11 is 0. The number of carbonyl (C=O) groups excluding carboxylic acids is 1. The minimum absolute atomic E-state index is 0.0179. The Balaban J connectivity index is 2.29. The van der Waals surface area contributed by atoms with Crippen LogP contribution in [0.25, 0.3) is 16.9 Å². The fourth-order valence-electron chi connectivity index (χ4n) is 2.49. The van der Waals surface area contributed by atoms with Crippen LogP contribution >= 0.6 is 0 Å². The molecular formula is C16H13N5O2. The molecule has 7 heteroatoms. The van der Waals surface area contributed by atoms with Crippen molar-refractivity contribution in [3.63, 3.8) is 0 Å². The van der Waals surface area contributed by atoms with E-state index in [-0.39, 0.29) is 5.56 Å². The first-order chi connectivity index (χ1) is 11.0. The van der Waals surface area contributed by atoms with Gasteiger partial charge in [0.1, 0.15) is 17.3 Å². The lowest BCUT2D eigenvalue weighted by Crippen LogP contribution is -2.13. The van der Waals surface area contributed by atoms with Gasteiger partial charge in [0.05, 0.1) is 11.3 Å². The van der Waals surface area contributed by atoms with Crippen LogP contribution in [-0.4, -0.2) is 20.3 Å². The van der Waals surface area contributed by atoms with Crippen molar-refractivity contribution in [2.45, 2.75) is 13.3 Å². The third-order valence-corrected chi connectivity index (χ3v) is 3.62. The number of nitrogens with one attached hydrogen (secondary N) is 1. The minimum atomic E-state index is -0.567. The van der Waals surface area contributed by atoms with E-state index in [2.05, 4.69) is 9.97 Å². The van der Waals surface area contributed by atoms with Crippen molar-refractivity contribution >= 4 is 11.6 Å². The predicted octanol–water partition coefficient (Wildman–Crippen LogP) is 1.22. The summed E-state index contributed by atoms with van der Waals surface area (Å²) in [5, 5.41) is 9.05. The van der Waals surface area contributed by atoms with Gasteiger partial charge in [-0.2, -0.15) is 5.26 Å². The molecular weight excluding hydrogens is 294 g/mol. The van der Waals surface area contributed by atoms with E-state index >= 15 is 0 Å². The lowest BCUT2D eigenvalue weighted by molar-refractivity contribution is 0.100. The van der Waals surface area contributed by atoms with Crippen molar-refractivity contribution in [1.82, 2.24) is 14.4 Å². The van der Waals surface area contributed by atoms with Crippen LogP contribution in [0.5, 0.6) is 0 Å². The molecule has 7 nitrogen and oxygen atoms in total. The molecule has 0 atom stereocenters. The number of rotatable bonds is 3. The van der Waals surface area contributed by atoms with Gasteiger partial charge in [0.2, 0.25) is 0 Å². The second-order valence-corrected chi connectivity index (χ2v) is 5.01. The standard InChI is InChI=1S/C16H13N5O2/c1-2-12-11(6-9(7-17)16(23)20-12)13-8-21-5-3-4-10(14(18)22)15(21)19-13/h3-6,8H,2H2,1H3,(H2,18,22)(H,20,23). The maximum absolute atomic E-state index is 11.8. The van der Waals surface area contributed by atoms with E-state index in [9.17, 15) is 9.59 Å². The highest BCUT2D eigenvalue weighted by Crippen LogP contribution is 2.23. The number of amides is 1. The molecule has 0 aliphatic carbocycles. The predicted molar refractivity (Wildman–Crippen MR) is 83.9 cm³/mol. The van der Waals surface area contributed by atoms with Gasteiger partial charge < -0.3 is 15.1 Å². The highest BCUT2D eigenvalue weighted by molar-refractivity contribution is 5.99. The number of aryl methyl sites for hydroxylation is 1. The van der Waals surface area contributed by atoms with E-state index in [1.807, 2.05) is 13.0 Å². The quantitative estimate of drug-likeness (QED) is 0.756. The molecule has 0 aromatic carbocycles. The van der Waals surface area contributed by atoms with Gasteiger partial charge in [-0.25, -0.2) is 4.98 Å². The van der Waals surface area contributed by atoms with E-state index in [1.54, 1.807) is 28.9 Å². The number of pyridine rings is 2. The third-order valence-electron chi connectivity index (χ3n) is 3.62. The van der Waals surface area contributed by atoms with Crippen LogP contribution in [-0.2, 0) is 6.42 Å². The maximum atomic E-state index is 11.8. The highest BCUT2D eigenvalue weighted by atomic mass is 16.1. The Morgan fingerprint density at radius 2 is 2.30 bits per heavy atom. The molecule has 0 unspecified atom stereocenters. The molecule has 0 aliphatic rings. The lowest BCUT2D eigenvalue weighted by Gasteiger charge is -2.05. The Morgan fingerprint density at radius 1 is 1.52 bits per heavy atom. The van der Waals surface area contributed by atoms with E-state index in [0.717, 1.165) is 0 Å². The second-order valence-electron chi connectivity index (χ2n) is 5.01. The molecule has 3 aromatic heterocycles. The van der Waals surface area contributed by atoms with Gasteiger partial charge in [-0.15, -0.1) is 0 Å². The summed E-state index contributed by atoms with van der Waals surface area (Å²) in [5.74, 6) is -0.567. The van der Waals surface area contributed by atoms with Crippen molar-refractivity contribution in [2.24, 2.45) is 5.73 Å². The Hall–Kier alpha value is -3.40. The van der Waals surface area contributed by atoms with Crippen molar-refractivity contribution in [3.8, 4) is 17.3 Å². The number of hydrogen-bond acceptors (Lipinski definition) is 4. The molecule has 0 fully saturated rings.